The first-order valence-electron chi connectivity index (χ1n) is 9.92. The highest BCUT2D eigenvalue weighted by Gasteiger charge is 2.30. The van der Waals surface area contributed by atoms with Gasteiger partial charge in [0.15, 0.2) is 0 Å². The lowest BCUT2D eigenvalue weighted by Gasteiger charge is -2.30. The van der Waals surface area contributed by atoms with E-state index in [0.29, 0.717) is 37.2 Å². The van der Waals surface area contributed by atoms with E-state index in [9.17, 15) is 13.2 Å². The van der Waals surface area contributed by atoms with E-state index in [1.54, 1.807) is 16.4 Å². The Morgan fingerprint density at radius 3 is 2.50 bits per heavy atom. The molecule has 2 aliphatic heterocycles. The molecule has 6 nitrogen and oxygen atoms in total. The van der Waals surface area contributed by atoms with Crippen molar-refractivity contribution in [2.75, 3.05) is 26.2 Å². The lowest BCUT2D eigenvalue weighted by Crippen LogP contribution is -2.39. The number of hydrogen-bond donors (Lipinski definition) is 2. The molecule has 2 saturated heterocycles. The molecule has 1 atom stereocenters. The highest BCUT2D eigenvalue weighted by Crippen LogP contribution is 2.28. The molecule has 3 rings (SSSR count). The average Bonchev–Trinajstić information content (AvgIpc) is 3.15. The molecule has 0 spiro atoms. The monoisotopic (exact) mass is 429 g/mol. The number of aryl methyl sites for hydroxylation is 1. The third kappa shape index (κ3) is 5.06. The molecule has 0 bridgehead atoms. The maximum Gasteiger partial charge on any atom is 0.251 e. The van der Waals surface area contributed by atoms with Crippen LogP contribution in [0.1, 0.15) is 54.1 Å². The van der Waals surface area contributed by atoms with Gasteiger partial charge in [0, 0.05) is 31.2 Å². The van der Waals surface area contributed by atoms with Gasteiger partial charge in [-0.2, -0.15) is 4.31 Å². The third-order valence-corrected chi connectivity index (χ3v) is 7.94. The van der Waals surface area contributed by atoms with Crippen molar-refractivity contribution in [3.8, 4) is 0 Å². The van der Waals surface area contributed by atoms with Crippen molar-refractivity contribution in [3.63, 3.8) is 0 Å². The van der Waals surface area contributed by atoms with Crippen molar-refractivity contribution in [2.45, 2.75) is 57.4 Å². The van der Waals surface area contributed by atoms with Crippen molar-refractivity contribution in [2.24, 2.45) is 5.92 Å². The van der Waals surface area contributed by atoms with Gasteiger partial charge in [0.2, 0.25) is 10.0 Å². The molecule has 2 N–H and O–H groups in total. The molecule has 2 heterocycles. The summed E-state index contributed by atoms with van der Waals surface area (Å²) in [6.07, 6.45) is 3.94. The van der Waals surface area contributed by atoms with E-state index in [4.69, 9.17) is 0 Å². The van der Waals surface area contributed by atoms with Crippen molar-refractivity contribution in [3.05, 3.63) is 28.8 Å². The number of hydrogen-bond acceptors (Lipinski definition) is 4. The molecule has 158 valence electrons. The van der Waals surface area contributed by atoms with Gasteiger partial charge in [0.1, 0.15) is 0 Å². The molecule has 2 aliphatic rings. The van der Waals surface area contributed by atoms with Crippen LogP contribution in [0.5, 0.6) is 0 Å². The van der Waals surface area contributed by atoms with E-state index in [1.807, 2.05) is 13.8 Å². The zero-order valence-corrected chi connectivity index (χ0v) is 18.6. The minimum Gasteiger partial charge on any atom is -0.350 e. The van der Waals surface area contributed by atoms with Crippen molar-refractivity contribution >= 4 is 28.3 Å². The lowest BCUT2D eigenvalue weighted by molar-refractivity contribution is 0.0950. The summed E-state index contributed by atoms with van der Waals surface area (Å²) in [7, 11) is -3.58. The largest absolute Gasteiger partial charge is 0.350 e. The molecule has 1 aromatic carbocycles. The fourth-order valence-electron chi connectivity index (χ4n) is 3.84. The van der Waals surface area contributed by atoms with Crippen LogP contribution in [0.2, 0.25) is 0 Å². The number of halogens is 1. The first-order valence-corrected chi connectivity index (χ1v) is 11.4. The zero-order valence-electron chi connectivity index (χ0n) is 17.0. The summed E-state index contributed by atoms with van der Waals surface area (Å²) in [4.78, 5) is 12.9. The number of carbonyl (C=O) groups excluding carboxylic acids is 1. The number of sulfonamides is 1. The molecule has 2 fully saturated rings. The summed E-state index contributed by atoms with van der Waals surface area (Å²) < 4.78 is 28.0. The maximum absolute atomic E-state index is 13.2. The second kappa shape index (κ2) is 9.57. The lowest BCUT2D eigenvalue weighted by atomic mass is 10.0. The molecular formula is C20H32ClN3O3S. The van der Waals surface area contributed by atoms with Gasteiger partial charge in [0.25, 0.3) is 5.91 Å². The van der Waals surface area contributed by atoms with Gasteiger partial charge in [-0.25, -0.2) is 8.42 Å². The number of carbonyl (C=O) groups is 1. The number of nitrogens with zero attached hydrogens (tertiary/aromatic N) is 1. The van der Waals surface area contributed by atoms with Crippen LogP contribution in [0.25, 0.3) is 0 Å². The number of rotatable bonds is 5. The smallest absolute Gasteiger partial charge is 0.251 e. The SMILES string of the molecule is Cc1cc(C(=O)NCC2CCCN2)cc(S(=O)(=O)N2CCC(C)CC2)c1C.Cl. The normalized spacial score (nSPS) is 21.3. The molecule has 0 saturated carbocycles. The van der Waals surface area contributed by atoms with E-state index < -0.39 is 10.0 Å². The van der Waals surface area contributed by atoms with E-state index in [-0.39, 0.29) is 23.2 Å². The Balaban J connectivity index is 0.00000280. The summed E-state index contributed by atoms with van der Waals surface area (Å²) in [6, 6.07) is 3.64. The Morgan fingerprint density at radius 1 is 1.21 bits per heavy atom. The van der Waals surface area contributed by atoms with Crippen molar-refractivity contribution in [1.29, 1.82) is 0 Å². The van der Waals surface area contributed by atoms with Crippen LogP contribution in [0.15, 0.2) is 17.0 Å². The first-order chi connectivity index (χ1) is 12.8. The average molecular weight is 430 g/mol. The molecule has 0 aliphatic carbocycles. The van der Waals surface area contributed by atoms with Gasteiger partial charge in [0.05, 0.1) is 4.90 Å². The number of amides is 1. The standard InChI is InChI=1S/C20H31N3O3S.ClH/c1-14-6-9-23(10-7-14)27(25,26)19-12-17(11-15(2)16(19)3)20(24)22-13-18-5-4-8-21-18;/h11-12,14,18,21H,4-10,13H2,1-3H3,(H,22,24);1H. The topological polar surface area (TPSA) is 78.5 Å². The summed E-state index contributed by atoms with van der Waals surface area (Å²) in [6.45, 7) is 8.49. The second-order valence-corrected chi connectivity index (χ2v) is 9.91. The zero-order chi connectivity index (χ0) is 19.6. The van der Waals surface area contributed by atoms with Crippen LogP contribution < -0.4 is 10.6 Å². The molecule has 1 aromatic rings. The van der Waals surface area contributed by atoms with Gasteiger partial charge in [-0.3, -0.25) is 4.79 Å². The minimum absolute atomic E-state index is 0. The molecule has 1 unspecified atom stereocenters. The van der Waals surface area contributed by atoms with E-state index in [2.05, 4.69) is 17.6 Å². The Bertz CT molecular complexity index is 799. The molecule has 1 amide bonds. The van der Waals surface area contributed by atoms with Crippen LogP contribution in [-0.2, 0) is 10.0 Å². The van der Waals surface area contributed by atoms with Crippen LogP contribution in [0.4, 0.5) is 0 Å². The first kappa shape index (κ1) is 23.1. The molecule has 0 radical (unpaired) electrons. The summed E-state index contributed by atoms with van der Waals surface area (Å²) in [5, 5.41) is 6.29. The van der Waals surface area contributed by atoms with Gasteiger partial charge < -0.3 is 10.6 Å². The number of piperidine rings is 1. The highest BCUT2D eigenvalue weighted by atomic mass is 35.5. The Morgan fingerprint density at radius 2 is 1.89 bits per heavy atom. The van der Waals surface area contributed by atoms with Crippen LogP contribution in [0, 0.1) is 19.8 Å². The predicted octanol–water partition coefficient (Wildman–Crippen LogP) is 2.63. The summed E-state index contributed by atoms with van der Waals surface area (Å²) in [5.74, 6) is 0.344. The number of benzene rings is 1. The highest BCUT2D eigenvalue weighted by molar-refractivity contribution is 7.89. The number of nitrogens with one attached hydrogen (secondary N) is 2. The Labute approximate surface area is 174 Å². The van der Waals surface area contributed by atoms with Gasteiger partial charge >= 0.3 is 0 Å². The van der Waals surface area contributed by atoms with E-state index in [0.717, 1.165) is 43.4 Å². The van der Waals surface area contributed by atoms with Crippen LogP contribution >= 0.6 is 12.4 Å². The maximum atomic E-state index is 13.2. The Hall–Kier alpha value is -1.15. The predicted molar refractivity (Wildman–Crippen MR) is 114 cm³/mol. The third-order valence-electron chi connectivity index (χ3n) is 5.91. The van der Waals surface area contributed by atoms with E-state index >= 15 is 0 Å². The van der Waals surface area contributed by atoms with E-state index in [1.165, 1.54) is 0 Å². The fourth-order valence-corrected chi connectivity index (χ4v) is 5.63. The van der Waals surface area contributed by atoms with Gasteiger partial charge in [-0.1, -0.05) is 6.92 Å². The van der Waals surface area contributed by atoms with Gasteiger partial charge in [-0.15, -0.1) is 12.4 Å². The summed E-state index contributed by atoms with van der Waals surface area (Å²) in [5.41, 5.74) is 1.97. The van der Waals surface area contributed by atoms with Crippen molar-refractivity contribution < 1.29 is 13.2 Å². The van der Waals surface area contributed by atoms with Crippen LogP contribution in [0.3, 0.4) is 0 Å². The molecule has 28 heavy (non-hydrogen) atoms. The molecule has 0 aromatic heterocycles. The second-order valence-electron chi connectivity index (χ2n) is 8.01. The summed E-state index contributed by atoms with van der Waals surface area (Å²) >= 11 is 0. The minimum atomic E-state index is -3.58. The quantitative estimate of drug-likeness (QED) is 0.754. The Kier molecular flexibility index (Phi) is 7.90. The molecule has 8 heteroatoms. The van der Waals surface area contributed by atoms with Gasteiger partial charge in [-0.05, 0) is 75.3 Å². The fraction of sp³-hybridized carbons (Fsp3) is 0.650. The molecular weight excluding hydrogens is 398 g/mol. The van der Waals surface area contributed by atoms with Crippen molar-refractivity contribution in [1.82, 2.24) is 14.9 Å². The van der Waals surface area contributed by atoms with Crippen LogP contribution in [-0.4, -0.2) is 50.9 Å².